The molecule has 0 radical (unpaired) electrons. The van der Waals surface area contributed by atoms with Crippen molar-refractivity contribution in [2.75, 3.05) is 13.1 Å². The molecular formula is C14H20F2N2O. The first-order chi connectivity index (χ1) is 8.99. The highest BCUT2D eigenvalue weighted by Crippen LogP contribution is 2.09. The maximum atomic E-state index is 13.4. The lowest BCUT2D eigenvalue weighted by Gasteiger charge is -2.23. The van der Waals surface area contributed by atoms with E-state index in [1.807, 2.05) is 13.8 Å². The molecule has 0 saturated carbocycles. The van der Waals surface area contributed by atoms with Crippen LogP contribution in [0.2, 0.25) is 0 Å². The predicted octanol–water partition coefficient (Wildman–Crippen LogP) is 2.31. The zero-order chi connectivity index (χ0) is 14.4. The summed E-state index contributed by atoms with van der Waals surface area (Å²) in [7, 11) is 0. The molecule has 0 saturated heterocycles. The Bertz CT molecular complexity index is 433. The summed E-state index contributed by atoms with van der Waals surface area (Å²) in [6.07, 6.45) is 0. The van der Waals surface area contributed by atoms with E-state index in [-0.39, 0.29) is 12.5 Å². The minimum atomic E-state index is -0.603. The van der Waals surface area contributed by atoms with Crippen LogP contribution < -0.4 is 5.32 Å². The van der Waals surface area contributed by atoms with Crippen LogP contribution in [0.4, 0.5) is 8.78 Å². The smallest absolute Gasteiger partial charge is 0.239 e. The predicted molar refractivity (Wildman–Crippen MR) is 70.6 cm³/mol. The summed E-state index contributed by atoms with van der Waals surface area (Å²) >= 11 is 0. The molecule has 1 unspecified atom stereocenters. The van der Waals surface area contributed by atoms with Gasteiger partial charge in [0.25, 0.3) is 0 Å². The van der Waals surface area contributed by atoms with Crippen molar-refractivity contribution in [1.29, 1.82) is 0 Å². The van der Waals surface area contributed by atoms with Gasteiger partial charge in [0.05, 0.1) is 6.04 Å². The Labute approximate surface area is 112 Å². The molecule has 0 aliphatic rings. The van der Waals surface area contributed by atoms with Crippen molar-refractivity contribution < 1.29 is 13.6 Å². The SMILES string of the molecule is CCN(CC)C(=O)C(C)NCc1ccc(F)cc1F. The average Bonchev–Trinajstić information content (AvgIpc) is 2.38. The topological polar surface area (TPSA) is 32.3 Å². The third kappa shape index (κ3) is 4.28. The Morgan fingerprint density at radius 1 is 1.32 bits per heavy atom. The first-order valence-corrected chi connectivity index (χ1v) is 6.45. The summed E-state index contributed by atoms with van der Waals surface area (Å²) in [5.41, 5.74) is 0.348. The fraction of sp³-hybridized carbons (Fsp3) is 0.500. The summed E-state index contributed by atoms with van der Waals surface area (Å²) in [4.78, 5) is 13.7. The van der Waals surface area contributed by atoms with Crippen molar-refractivity contribution in [3.63, 3.8) is 0 Å². The molecule has 0 fully saturated rings. The molecule has 0 bridgehead atoms. The van der Waals surface area contributed by atoms with Gasteiger partial charge in [-0.05, 0) is 26.8 Å². The number of hydrogen-bond donors (Lipinski definition) is 1. The molecule has 1 aromatic rings. The minimum absolute atomic E-state index is 0.0208. The van der Waals surface area contributed by atoms with Gasteiger partial charge in [0.15, 0.2) is 0 Å². The van der Waals surface area contributed by atoms with E-state index in [2.05, 4.69) is 5.32 Å². The van der Waals surface area contributed by atoms with Crippen molar-refractivity contribution in [2.24, 2.45) is 0 Å². The van der Waals surface area contributed by atoms with E-state index in [4.69, 9.17) is 0 Å². The number of nitrogens with one attached hydrogen (secondary N) is 1. The lowest BCUT2D eigenvalue weighted by molar-refractivity contribution is -0.132. The van der Waals surface area contributed by atoms with Crippen LogP contribution in [0.3, 0.4) is 0 Å². The van der Waals surface area contributed by atoms with Gasteiger partial charge in [-0.1, -0.05) is 6.07 Å². The van der Waals surface area contributed by atoms with Gasteiger partial charge < -0.3 is 10.2 Å². The summed E-state index contributed by atoms with van der Waals surface area (Å²) < 4.78 is 26.2. The van der Waals surface area contributed by atoms with E-state index in [0.29, 0.717) is 18.7 Å². The monoisotopic (exact) mass is 270 g/mol. The summed E-state index contributed by atoms with van der Waals surface area (Å²) in [5.74, 6) is -1.23. The van der Waals surface area contributed by atoms with Crippen molar-refractivity contribution in [3.8, 4) is 0 Å². The third-order valence-electron chi connectivity index (χ3n) is 3.06. The van der Waals surface area contributed by atoms with Gasteiger partial charge in [-0.2, -0.15) is 0 Å². The second-order valence-corrected chi connectivity index (χ2v) is 4.35. The number of benzene rings is 1. The molecule has 0 heterocycles. The Morgan fingerprint density at radius 3 is 2.47 bits per heavy atom. The van der Waals surface area contributed by atoms with Crippen LogP contribution >= 0.6 is 0 Å². The normalized spacial score (nSPS) is 12.3. The molecule has 1 amide bonds. The van der Waals surface area contributed by atoms with Gasteiger partial charge in [0.2, 0.25) is 5.91 Å². The van der Waals surface area contributed by atoms with E-state index in [1.165, 1.54) is 12.1 Å². The molecule has 106 valence electrons. The fourth-order valence-electron chi connectivity index (χ4n) is 1.82. The van der Waals surface area contributed by atoms with Crippen molar-refractivity contribution in [3.05, 3.63) is 35.4 Å². The number of rotatable bonds is 6. The van der Waals surface area contributed by atoms with Gasteiger partial charge in [0, 0.05) is 31.3 Å². The van der Waals surface area contributed by atoms with Crippen LogP contribution in [0, 0.1) is 11.6 Å². The zero-order valence-electron chi connectivity index (χ0n) is 11.5. The van der Waals surface area contributed by atoms with E-state index in [9.17, 15) is 13.6 Å². The largest absolute Gasteiger partial charge is 0.342 e. The number of carbonyl (C=O) groups is 1. The molecule has 1 aromatic carbocycles. The summed E-state index contributed by atoms with van der Waals surface area (Å²) in [6, 6.07) is 3.03. The van der Waals surface area contributed by atoms with Crippen molar-refractivity contribution >= 4 is 5.91 Å². The van der Waals surface area contributed by atoms with E-state index >= 15 is 0 Å². The van der Waals surface area contributed by atoms with E-state index in [0.717, 1.165) is 6.07 Å². The minimum Gasteiger partial charge on any atom is -0.342 e. The zero-order valence-corrected chi connectivity index (χ0v) is 11.5. The maximum Gasteiger partial charge on any atom is 0.239 e. The van der Waals surface area contributed by atoms with Crippen LogP contribution in [0.1, 0.15) is 26.3 Å². The van der Waals surface area contributed by atoms with Gasteiger partial charge in [-0.3, -0.25) is 4.79 Å². The number of likely N-dealkylation sites (N-methyl/N-ethyl adjacent to an activating group) is 1. The van der Waals surface area contributed by atoms with Gasteiger partial charge in [-0.15, -0.1) is 0 Å². The third-order valence-corrected chi connectivity index (χ3v) is 3.06. The van der Waals surface area contributed by atoms with Gasteiger partial charge in [0.1, 0.15) is 11.6 Å². The number of nitrogens with zero attached hydrogens (tertiary/aromatic N) is 1. The first-order valence-electron chi connectivity index (χ1n) is 6.45. The average molecular weight is 270 g/mol. The number of amides is 1. The maximum absolute atomic E-state index is 13.4. The lowest BCUT2D eigenvalue weighted by atomic mass is 10.2. The molecule has 3 nitrogen and oxygen atoms in total. The summed E-state index contributed by atoms with van der Waals surface area (Å²) in [5, 5.41) is 2.95. The number of carbonyl (C=O) groups excluding carboxylic acids is 1. The van der Waals surface area contributed by atoms with Crippen LogP contribution in [-0.4, -0.2) is 29.9 Å². The second kappa shape index (κ2) is 7.19. The molecule has 1 N–H and O–H groups in total. The van der Waals surface area contributed by atoms with Crippen LogP contribution in [0.25, 0.3) is 0 Å². The van der Waals surface area contributed by atoms with Crippen molar-refractivity contribution in [1.82, 2.24) is 10.2 Å². The van der Waals surface area contributed by atoms with Crippen LogP contribution in [-0.2, 0) is 11.3 Å². The van der Waals surface area contributed by atoms with Gasteiger partial charge >= 0.3 is 0 Å². The molecule has 0 aliphatic carbocycles. The standard InChI is InChI=1S/C14H20F2N2O/c1-4-18(5-2)14(19)10(3)17-9-11-6-7-12(15)8-13(11)16/h6-8,10,17H,4-5,9H2,1-3H3. The second-order valence-electron chi connectivity index (χ2n) is 4.35. The molecule has 5 heteroatoms. The molecule has 1 rings (SSSR count). The highest BCUT2D eigenvalue weighted by atomic mass is 19.1. The number of hydrogen-bond acceptors (Lipinski definition) is 2. The lowest BCUT2D eigenvalue weighted by Crippen LogP contribution is -2.44. The van der Waals surface area contributed by atoms with Crippen molar-refractivity contribution in [2.45, 2.75) is 33.4 Å². The fourth-order valence-corrected chi connectivity index (χ4v) is 1.82. The molecule has 19 heavy (non-hydrogen) atoms. The van der Waals surface area contributed by atoms with E-state index in [1.54, 1.807) is 11.8 Å². The molecule has 1 atom stereocenters. The first kappa shape index (κ1) is 15.6. The molecule has 0 aromatic heterocycles. The Balaban J connectivity index is 2.58. The highest BCUT2D eigenvalue weighted by molar-refractivity contribution is 5.81. The van der Waals surface area contributed by atoms with Crippen LogP contribution in [0.15, 0.2) is 18.2 Å². The quantitative estimate of drug-likeness (QED) is 0.860. The van der Waals surface area contributed by atoms with Gasteiger partial charge in [-0.25, -0.2) is 8.78 Å². The molecule has 0 aliphatic heterocycles. The Kier molecular flexibility index (Phi) is 5.89. The molecule has 0 spiro atoms. The van der Waals surface area contributed by atoms with E-state index < -0.39 is 17.7 Å². The number of halogens is 2. The Morgan fingerprint density at radius 2 is 1.95 bits per heavy atom. The summed E-state index contributed by atoms with van der Waals surface area (Å²) in [6.45, 7) is 7.04. The highest BCUT2D eigenvalue weighted by Gasteiger charge is 2.17. The van der Waals surface area contributed by atoms with Crippen LogP contribution in [0.5, 0.6) is 0 Å². The Hall–Kier alpha value is -1.49. The molecular weight excluding hydrogens is 250 g/mol.